The van der Waals surface area contributed by atoms with Gasteiger partial charge in [0, 0.05) is 35.0 Å². The molecule has 0 saturated carbocycles. The van der Waals surface area contributed by atoms with E-state index in [-0.39, 0.29) is 34.9 Å². The van der Waals surface area contributed by atoms with Gasteiger partial charge in [-0.2, -0.15) is 0 Å². The Kier molecular flexibility index (Phi) is 6.21. The second kappa shape index (κ2) is 8.24. The Morgan fingerprint density at radius 2 is 2.19 bits per heavy atom. The van der Waals surface area contributed by atoms with Crippen molar-refractivity contribution in [2.75, 3.05) is 31.6 Å². The van der Waals surface area contributed by atoms with Crippen molar-refractivity contribution in [3.05, 3.63) is 33.3 Å². The average Bonchev–Trinajstić information content (AvgIpc) is 3.15. The lowest BCUT2D eigenvalue weighted by molar-refractivity contribution is -0.536. The Hall–Kier alpha value is -1.16. The summed E-state index contributed by atoms with van der Waals surface area (Å²) in [5.74, 6) is -1.27. The summed E-state index contributed by atoms with van der Waals surface area (Å²) in [5.41, 5.74) is -0.568. The number of carbonyl (C=O) groups is 1. The molecule has 1 amide bonds. The molecule has 11 heteroatoms. The fourth-order valence-corrected chi connectivity index (χ4v) is 4.92. The lowest BCUT2D eigenvalue weighted by Gasteiger charge is -2.14. The maximum absolute atomic E-state index is 14.0. The van der Waals surface area contributed by atoms with E-state index in [1.165, 1.54) is 22.5 Å². The highest BCUT2D eigenvalue weighted by Crippen LogP contribution is 2.39. The van der Waals surface area contributed by atoms with E-state index in [2.05, 4.69) is 5.32 Å². The molecular formula is C15H18Cl2FN4O3S+. The molecule has 3 rings (SSSR count). The number of hydrogen-bond acceptors (Lipinski definition) is 5. The lowest BCUT2D eigenvalue weighted by Crippen LogP contribution is -2.32. The molecule has 1 aromatic heterocycles. The van der Waals surface area contributed by atoms with E-state index < -0.39 is 16.6 Å². The zero-order valence-corrected chi connectivity index (χ0v) is 16.1. The first kappa shape index (κ1) is 19.6. The first-order chi connectivity index (χ1) is 12.3. The average molecular weight is 424 g/mol. The van der Waals surface area contributed by atoms with Crippen LogP contribution in [-0.2, 0) is 11.3 Å². The lowest BCUT2D eigenvalue weighted by atomic mass is 10.2. The van der Waals surface area contributed by atoms with Gasteiger partial charge in [-0.25, -0.2) is 9.29 Å². The summed E-state index contributed by atoms with van der Waals surface area (Å²) in [7, 11) is 0. The SMILES string of the molecule is O=C(Nc1cc(F)c(=O)n(CCN2CC[N+](=O)C2)c1)C1CC(Cl)C(Cl)S1. The summed E-state index contributed by atoms with van der Waals surface area (Å²) in [6, 6.07) is 1.00. The molecular weight excluding hydrogens is 406 g/mol. The summed E-state index contributed by atoms with van der Waals surface area (Å²) >= 11 is 13.3. The summed E-state index contributed by atoms with van der Waals surface area (Å²) in [6.07, 6.45) is 1.83. The number of carbonyl (C=O) groups excluding carboxylic acids is 1. The van der Waals surface area contributed by atoms with Crippen molar-refractivity contribution in [2.24, 2.45) is 0 Å². The zero-order valence-electron chi connectivity index (χ0n) is 13.7. The first-order valence-corrected chi connectivity index (χ1v) is 9.94. The standard InChI is InChI=1S/C15H17Cl2FN4O3S/c16-10-6-12(26-13(10)17)14(23)19-9-5-11(18)15(24)21(7-9)3-1-20-2-4-22(25)8-20/h5,7,10,12-13H,1-4,6,8H2/p+1. The Bertz CT molecular complexity index is 768. The quantitative estimate of drug-likeness (QED) is 0.575. The second-order valence-electron chi connectivity index (χ2n) is 6.26. The third kappa shape index (κ3) is 4.57. The van der Waals surface area contributed by atoms with Gasteiger partial charge in [0.25, 0.3) is 5.56 Å². The highest BCUT2D eigenvalue weighted by molar-refractivity contribution is 8.02. The largest absolute Gasteiger partial charge is 0.324 e. The minimum Gasteiger partial charge on any atom is -0.324 e. The zero-order chi connectivity index (χ0) is 18.8. The van der Waals surface area contributed by atoms with Crippen LogP contribution in [0.4, 0.5) is 10.1 Å². The van der Waals surface area contributed by atoms with Gasteiger partial charge in [-0.05, 0) is 6.42 Å². The minimum atomic E-state index is -0.945. The van der Waals surface area contributed by atoms with Crippen LogP contribution in [0.5, 0.6) is 0 Å². The number of hydrogen-bond donors (Lipinski definition) is 1. The van der Waals surface area contributed by atoms with E-state index >= 15 is 0 Å². The van der Waals surface area contributed by atoms with Crippen LogP contribution in [0.2, 0.25) is 0 Å². The van der Waals surface area contributed by atoms with E-state index in [9.17, 15) is 18.9 Å². The van der Waals surface area contributed by atoms with Crippen LogP contribution in [0.15, 0.2) is 17.1 Å². The van der Waals surface area contributed by atoms with Gasteiger partial charge in [0.1, 0.15) is 0 Å². The summed E-state index contributed by atoms with van der Waals surface area (Å²) in [5, 5.41) is 1.90. The highest BCUT2D eigenvalue weighted by Gasteiger charge is 2.36. The molecule has 0 spiro atoms. The van der Waals surface area contributed by atoms with Crippen LogP contribution in [0, 0.1) is 10.7 Å². The topological polar surface area (TPSA) is 74.4 Å². The van der Waals surface area contributed by atoms with Gasteiger partial charge in [0.15, 0.2) is 5.82 Å². The minimum absolute atomic E-state index is 0.198. The summed E-state index contributed by atoms with van der Waals surface area (Å²) in [6.45, 7) is 1.96. The summed E-state index contributed by atoms with van der Waals surface area (Å²) in [4.78, 5) is 37.4. The number of nitrogens with zero attached hydrogens (tertiary/aromatic N) is 3. The van der Waals surface area contributed by atoms with Crippen molar-refractivity contribution < 1.29 is 13.9 Å². The van der Waals surface area contributed by atoms with Gasteiger partial charge in [-0.3, -0.25) is 9.59 Å². The van der Waals surface area contributed by atoms with Crippen molar-refractivity contribution >= 4 is 46.6 Å². The van der Waals surface area contributed by atoms with Crippen molar-refractivity contribution in [1.29, 1.82) is 0 Å². The van der Waals surface area contributed by atoms with Crippen LogP contribution >= 0.6 is 35.0 Å². The fourth-order valence-electron chi connectivity index (χ4n) is 2.88. The molecule has 2 aliphatic heterocycles. The molecule has 26 heavy (non-hydrogen) atoms. The number of amides is 1. The normalized spacial score (nSPS) is 26.4. The number of nitrogens with one attached hydrogen (secondary N) is 1. The molecule has 0 radical (unpaired) electrons. The second-order valence-corrected chi connectivity index (χ2v) is 8.90. The Labute approximate surface area is 163 Å². The van der Waals surface area contributed by atoms with Gasteiger partial charge in [-0.1, -0.05) is 0 Å². The molecule has 7 nitrogen and oxygen atoms in total. The molecule has 3 atom stereocenters. The van der Waals surface area contributed by atoms with E-state index in [0.29, 0.717) is 26.1 Å². The number of alkyl halides is 2. The molecule has 142 valence electrons. The van der Waals surface area contributed by atoms with Crippen molar-refractivity contribution in [3.8, 4) is 0 Å². The molecule has 0 bridgehead atoms. The first-order valence-electron chi connectivity index (χ1n) is 8.12. The molecule has 1 aromatic rings. The fraction of sp³-hybridized carbons (Fsp3) is 0.600. The number of nitroso groups, excluding NO2 is 1. The highest BCUT2D eigenvalue weighted by atomic mass is 35.5. The Morgan fingerprint density at radius 1 is 1.42 bits per heavy atom. The van der Waals surface area contributed by atoms with Crippen LogP contribution in [-0.4, -0.2) is 61.8 Å². The predicted octanol–water partition coefficient (Wildman–Crippen LogP) is 1.66. The Balaban J connectivity index is 1.66. The van der Waals surface area contributed by atoms with Crippen molar-refractivity contribution in [3.63, 3.8) is 0 Å². The number of anilines is 1. The molecule has 0 aromatic carbocycles. The van der Waals surface area contributed by atoms with E-state index in [1.807, 2.05) is 4.90 Å². The van der Waals surface area contributed by atoms with Crippen molar-refractivity contribution in [1.82, 2.24) is 9.47 Å². The van der Waals surface area contributed by atoms with Gasteiger partial charge in [0.2, 0.25) is 19.1 Å². The molecule has 0 aliphatic carbocycles. The summed E-state index contributed by atoms with van der Waals surface area (Å²) < 4.78 is 15.7. The number of rotatable bonds is 5. The maximum atomic E-state index is 14.0. The third-order valence-electron chi connectivity index (χ3n) is 4.30. The number of thioether (sulfide) groups is 1. The predicted molar refractivity (Wildman–Crippen MR) is 99.5 cm³/mol. The molecule has 1 N–H and O–H groups in total. The van der Waals surface area contributed by atoms with Crippen LogP contribution in [0.3, 0.4) is 0 Å². The van der Waals surface area contributed by atoms with Gasteiger partial charge >= 0.3 is 0 Å². The Morgan fingerprint density at radius 3 is 2.81 bits per heavy atom. The van der Waals surface area contributed by atoms with Crippen LogP contribution in [0.25, 0.3) is 0 Å². The van der Waals surface area contributed by atoms with Crippen molar-refractivity contribution in [2.45, 2.75) is 28.3 Å². The molecule has 3 heterocycles. The molecule has 2 aliphatic rings. The van der Waals surface area contributed by atoms with Crippen LogP contribution in [0.1, 0.15) is 6.42 Å². The maximum Gasteiger partial charge on any atom is 0.286 e. The molecule has 3 unspecified atom stereocenters. The van der Waals surface area contributed by atoms with E-state index in [1.54, 1.807) is 0 Å². The van der Waals surface area contributed by atoms with Gasteiger partial charge in [0.05, 0.1) is 27.6 Å². The van der Waals surface area contributed by atoms with Gasteiger partial charge < -0.3 is 9.88 Å². The molecule has 2 fully saturated rings. The van der Waals surface area contributed by atoms with E-state index in [0.717, 1.165) is 10.8 Å². The molecule has 2 saturated heterocycles. The number of aromatic nitrogens is 1. The number of pyridine rings is 1. The third-order valence-corrected chi connectivity index (χ3v) is 6.95. The monoisotopic (exact) mass is 423 g/mol. The number of halogens is 3. The van der Waals surface area contributed by atoms with Gasteiger partial charge in [-0.15, -0.1) is 35.0 Å². The van der Waals surface area contributed by atoms with E-state index in [4.69, 9.17) is 23.2 Å². The van der Waals surface area contributed by atoms with Crippen LogP contribution < -0.4 is 10.9 Å². The smallest absolute Gasteiger partial charge is 0.286 e.